The molecular formula is C13H15FN2O4. The number of hydrogen-bond donors (Lipinski definition) is 2. The predicted molar refractivity (Wildman–Crippen MR) is 70.1 cm³/mol. The van der Waals surface area contributed by atoms with Crippen LogP contribution in [-0.4, -0.2) is 22.0 Å². The van der Waals surface area contributed by atoms with Crippen LogP contribution in [0.3, 0.4) is 0 Å². The van der Waals surface area contributed by atoms with Gasteiger partial charge in [0.25, 0.3) is 5.69 Å². The van der Waals surface area contributed by atoms with Gasteiger partial charge in [-0.1, -0.05) is 6.42 Å². The van der Waals surface area contributed by atoms with Gasteiger partial charge in [-0.3, -0.25) is 14.9 Å². The lowest BCUT2D eigenvalue weighted by atomic mass is 9.85. The Morgan fingerprint density at radius 3 is 2.90 bits per heavy atom. The Morgan fingerprint density at radius 2 is 2.30 bits per heavy atom. The third kappa shape index (κ3) is 2.43. The van der Waals surface area contributed by atoms with Crippen LogP contribution in [0.1, 0.15) is 26.2 Å². The first-order valence-electron chi connectivity index (χ1n) is 6.28. The van der Waals surface area contributed by atoms with Crippen LogP contribution in [0.25, 0.3) is 0 Å². The van der Waals surface area contributed by atoms with Crippen molar-refractivity contribution in [3.05, 3.63) is 34.1 Å². The number of nitrogens with one attached hydrogen (secondary N) is 1. The number of benzene rings is 1. The Kier molecular flexibility index (Phi) is 3.61. The smallest absolute Gasteiger partial charge is 0.311 e. The molecule has 20 heavy (non-hydrogen) atoms. The predicted octanol–water partition coefficient (Wildman–Crippen LogP) is 2.79. The molecule has 0 bridgehead atoms. The summed E-state index contributed by atoms with van der Waals surface area (Å²) in [5, 5.41) is 23.1. The minimum absolute atomic E-state index is 0.0226. The van der Waals surface area contributed by atoms with Crippen molar-refractivity contribution in [2.75, 3.05) is 5.32 Å². The molecule has 0 saturated heterocycles. The highest BCUT2D eigenvalue weighted by Crippen LogP contribution is 2.41. The van der Waals surface area contributed by atoms with Gasteiger partial charge >= 0.3 is 5.97 Å². The van der Waals surface area contributed by atoms with Gasteiger partial charge in [-0.25, -0.2) is 4.39 Å². The molecule has 0 aliphatic heterocycles. The quantitative estimate of drug-likeness (QED) is 0.654. The summed E-state index contributed by atoms with van der Waals surface area (Å²) in [7, 11) is 0. The first kappa shape index (κ1) is 14.2. The van der Waals surface area contributed by atoms with Crippen LogP contribution in [0, 0.1) is 21.3 Å². The first-order chi connectivity index (χ1) is 9.34. The van der Waals surface area contributed by atoms with Gasteiger partial charge in [-0.2, -0.15) is 0 Å². The van der Waals surface area contributed by atoms with Crippen LogP contribution in [0.4, 0.5) is 15.8 Å². The minimum atomic E-state index is -1.000. The maximum absolute atomic E-state index is 13.3. The molecular weight excluding hydrogens is 267 g/mol. The number of aliphatic carboxylic acids is 1. The molecule has 1 aromatic carbocycles. The van der Waals surface area contributed by atoms with E-state index >= 15 is 0 Å². The van der Waals surface area contributed by atoms with Gasteiger partial charge in [0.2, 0.25) is 0 Å². The van der Waals surface area contributed by atoms with Crippen molar-refractivity contribution in [3.63, 3.8) is 0 Å². The summed E-state index contributed by atoms with van der Waals surface area (Å²) >= 11 is 0. The number of nitrogens with zero attached hydrogens (tertiary/aromatic N) is 1. The van der Waals surface area contributed by atoms with Crippen LogP contribution in [0.5, 0.6) is 0 Å². The number of anilines is 1. The second-order valence-electron chi connectivity index (χ2n) is 5.23. The monoisotopic (exact) mass is 282 g/mol. The number of nitro groups is 1. The molecule has 0 amide bonds. The van der Waals surface area contributed by atoms with Crippen molar-refractivity contribution in [2.45, 2.75) is 32.2 Å². The topological polar surface area (TPSA) is 92.5 Å². The lowest BCUT2D eigenvalue weighted by Gasteiger charge is -2.28. The van der Waals surface area contributed by atoms with Gasteiger partial charge in [0, 0.05) is 18.2 Å². The Hall–Kier alpha value is -2.18. The molecule has 1 aliphatic carbocycles. The summed E-state index contributed by atoms with van der Waals surface area (Å²) in [6.07, 6.45) is 1.78. The van der Waals surface area contributed by atoms with E-state index in [0.717, 1.165) is 18.2 Å². The lowest BCUT2D eigenvalue weighted by Crippen LogP contribution is -2.40. The van der Waals surface area contributed by atoms with Crippen molar-refractivity contribution in [3.8, 4) is 0 Å². The van der Waals surface area contributed by atoms with Gasteiger partial charge in [0.1, 0.15) is 11.5 Å². The molecule has 1 fully saturated rings. The molecule has 0 heterocycles. The van der Waals surface area contributed by atoms with Gasteiger partial charge in [-0.15, -0.1) is 0 Å². The Bertz CT molecular complexity index is 563. The number of nitro benzene ring substituents is 1. The summed E-state index contributed by atoms with van der Waals surface area (Å²) < 4.78 is 13.3. The van der Waals surface area contributed by atoms with E-state index in [-0.39, 0.29) is 11.4 Å². The molecule has 1 aromatic rings. The minimum Gasteiger partial charge on any atom is -0.481 e. The molecule has 108 valence electrons. The third-order valence-electron chi connectivity index (χ3n) is 3.93. The summed E-state index contributed by atoms with van der Waals surface area (Å²) in [6.45, 7) is 1.60. The second kappa shape index (κ2) is 5.07. The zero-order valence-electron chi connectivity index (χ0n) is 10.9. The van der Waals surface area contributed by atoms with Crippen LogP contribution in [0.2, 0.25) is 0 Å². The Balaban J connectivity index is 2.32. The van der Waals surface area contributed by atoms with Crippen molar-refractivity contribution in [1.82, 2.24) is 0 Å². The zero-order chi connectivity index (χ0) is 14.9. The summed E-state index contributed by atoms with van der Waals surface area (Å²) in [5.41, 5.74) is -1.24. The largest absolute Gasteiger partial charge is 0.481 e. The highest BCUT2D eigenvalue weighted by Gasteiger charge is 2.45. The fourth-order valence-corrected chi connectivity index (χ4v) is 2.62. The maximum atomic E-state index is 13.3. The van der Waals surface area contributed by atoms with E-state index in [2.05, 4.69) is 5.32 Å². The fourth-order valence-electron chi connectivity index (χ4n) is 2.62. The molecule has 6 nitrogen and oxygen atoms in total. The molecule has 7 heteroatoms. The number of carbonyl (C=O) groups is 1. The standard InChI is InChI=1S/C13H15FN2O4/c1-13(12(17)18)6-2-3-11(13)15-9-7-8(14)4-5-10(9)16(19)20/h4-5,7,11,15H,2-3,6H2,1H3,(H,17,18). The summed E-state index contributed by atoms with van der Waals surface area (Å²) in [4.78, 5) is 21.7. The highest BCUT2D eigenvalue weighted by molar-refractivity contribution is 5.77. The van der Waals surface area contributed by atoms with Gasteiger partial charge in [0.15, 0.2) is 0 Å². The summed E-state index contributed by atoms with van der Waals surface area (Å²) in [5.74, 6) is -1.56. The number of carboxylic acid groups (broad SMARTS) is 1. The Morgan fingerprint density at radius 1 is 1.60 bits per heavy atom. The Labute approximate surface area is 114 Å². The van der Waals surface area contributed by atoms with Crippen LogP contribution >= 0.6 is 0 Å². The molecule has 1 saturated carbocycles. The SMILES string of the molecule is CC1(C(=O)O)CCCC1Nc1cc(F)ccc1[N+](=O)[O-]. The first-order valence-corrected chi connectivity index (χ1v) is 6.28. The van der Waals surface area contributed by atoms with E-state index in [0.29, 0.717) is 19.3 Å². The van der Waals surface area contributed by atoms with Crippen molar-refractivity contribution in [2.24, 2.45) is 5.41 Å². The van der Waals surface area contributed by atoms with E-state index in [1.807, 2.05) is 0 Å². The molecule has 0 spiro atoms. The zero-order valence-corrected chi connectivity index (χ0v) is 10.9. The average molecular weight is 282 g/mol. The van der Waals surface area contributed by atoms with E-state index < -0.39 is 28.2 Å². The van der Waals surface area contributed by atoms with E-state index in [1.54, 1.807) is 6.92 Å². The van der Waals surface area contributed by atoms with E-state index in [4.69, 9.17) is 0 Å². The normalized spacial score (nSPS) is 25.4. The number of hydrogen-bond acceptors (Lipinski definition) is 4. The number of rotatable bonds is 4. The molecule has 0 aromatic heterocycles. The van der Waals surface area contributed by atoms with Gasteiger partial charge < -0.3 is 10.4 Å². The molecule has 2 atom stereocenters. The number of halogens is 1. The van der Waals surface area contributed by atoms with Gasteiger partial charge in [0.05, 0.1) is 10.3 Å². The molecule has 1 aliphatic rings. The van der Waals surface area contributed by atoms with E-state index in [9.17, 15) is 24.4 Å². The van der Waals surface area contributed by atoms with Crippen molar-refractivity contribution >= 4 is 17.3 Å². The number of carboxylic acids is 1. The fraction of sp³-hybridized carbons (Fsp3) is 0.462. The van der Waals surface area contributed by atoms with Crippen LogP contribution in [0.15, 0.2) is 18.2 Å². The molecule has 2 rings (SSSR count). The van der Waals surface area contributed by atoms with Crippen LogP contribution < -0.4 is 5.32 Å². The van der Waals surface area contributed by atoms with Crippen molar-refractivity contribution in [1.29, 1.82) is 0 Å². The summed E-state index contributed by atoms with van der Waals surface area (Å²) in [6, 6.07) is 2.65. The van der Waals surface area contributed by atoms with Crippen LogP contribution in [-0.2, 0) is 4.79 Å². The highest BCUT2D eigenvalue weighted by atomic mass is 19.1. The second-order valence-corrected chi connectivity index (χ2v) is 5.23. The molecule has 2 unspecified atom stereocenters. The maximum Gasteiger partial charge on any atom is 0.311 e. The van der Waals surface area contributed by atoms with Gasteiger partial charge in [-0.05, 0) is 25.8 Å². The molecule has 0 radical (unpaired) electrons. The van der Waals surface area contributed by atoms with E-state index in [1.165, 1.54) is 0 Å². The lowest BCUT2D eigenvalue weighted by molar-refractivity contribution is -0.384. The van der Waals surface area contributed by atoms with Crippen molar-refractivity contribution < 1.29 is 19.2 Å². The third-order valence-corrected chi connectivity index (χ3v) is 3.93. The average Bonchev–Trinajstić information content (AvgIpc) is 2.72. The molecule has 2 N–H and O–H groups in total.